The molecule has 1 aromatic heterocycles. The van der Waals surface area contributed by atoms with Gasteiger partial charge in [-0.25, -0.2) is 0 Å². The van der Waals surface area contributed by atoms with Gasteiger partial charge in [-0.15, -0.1) is 11.8 Å². The highest BCUT2D eigenvalue weighted by Crippen LogP contribution is 2.37. The number of thioether (sulfide) groups is 2. The number of pyridine rings is 1. The van der Waals surface area contributed by atoms with Crippen molar-refractivity contribution in [1.29, 1.82) is 0 Å². The van der Waals surface area contributed by atoms with Crippen LogP contribution in [0.1, 0.15) is 22.8 Å². The predicted molar refractivity (Wildman–Crippen MR) is 115 cm³/mol. The van der Waals surface area contributed by atoms with Crippen LogP contribution >= 0.6 is 51.1 Å². The van der Waals surface area contributed by atoms with Crippen LogP contribution < -0.4 is 5.43 Å². The Morgan fingerprint density at radius 2 is 1.83 bits per heavy atom. The molecule has 0 amide bonds. The van der Waals surface area contributed by atoms with Crippen molar-refractivity contribution in [2.24, 2.45) is 0 Å². The molecule has 3 nitrogen and oxygen atoms in total. The van der Waals surface area contributed by atoms with Gasteiger partial charge in [-0.3, -0.25) is 9.59 Å². The number of ketones is 1. The third-order valence-electron chi connectivity index (χ3n) is 3.92. The van der Waals surface area contributed by atoms with E-state index in [1.165, 1.54) is 30.8 Å². The Balaban J connectivity index is 1.94. The summed E-state index contributed by atoms with van der Waals surface area (Å²) >= 11 is 10.6. The first-order valence-corrected chi connectivity index (χ1v) is 11.1. The summed E-state index contributed by atoms with van der Waals surface area (Å²) in [4.78, 5) is 28.2. The van der Waals surface area contributed by atoms with Gasteiger partial charge in [-0.05, 0) is 64.4 Å². The van der Waals surface area contributed by atoms with E-state index in [4.69, 9.17) is 11.6 Å². The summed E-state index contributed by atoms with van der Waals surface area (Å²) in [5.41, 5.74) is -3.57. The van der Waals surface area contributed by atoms with E-state index in [-0.39, 0.29) is 32.6 Å². The molecule has 0 aliphatic carbocycles. The first-order valence-electron chi connectivity index (χ1n) is 8.09. The van der Waals surface area contributed by atoms with Gasteiger partial charge >= 0.3 is 5.51 Å². The molecule has 3 aromatic rings. The second-order valence-electron chi connectivity index (χ2n) is 5.97. The molecule has 0 saturated heterocycles. The number of alkyl halides is 3. The maximum absolute atomic E-state index is 12.9. The maximum Gasteiger partial charge on any atom is 0.446 e. The molecule has 0 radical (unpaired) electrons. The van der Waals surface area contributed by atoms with Gasteiger partial charge in [-0.2, -0.15) is 13.2 Å². The highest BCUT2D eigenvalue weighted by Gasteiger charge is 2.29. The Bertz CT molecular complexity index is 1150. The number of aromatic nitrogens is 1. The molecule has 29 heavy (non-hydrogen) atoms. The summed E-state index contributed by atoms with van der Waals surface area (Å²) in [5.74, 6) is -0.0414. The fourth-order valence-electron chi connectivity index (χ4n) is 2.67. The van der Waals surface area contributed by atoms with Crippen LogP contribution in [-0.2, 0) is 5.75 Å². The van der Waals surface area contributed by atoms with Gasteiger partial charge in [0.25, 0.3) is 0 Å². The number of carbonyl (C=O) groups is 1. The number of aromatic amines is 1. The lowest BCUT2D eigenvalue weighted by Crippen LogP contribution is -2.17. The Hall–Kier alpha value is -1.42. The van der Waals surface area contributed by atoms with Crippen molar-refractivity contribution in [3.8, 4) is 0 Å². The zero-order chi connectivity index (χ0) is 21.3. The van der Waals surface area contributed by atoms with Crippen molar-refractivity contribution in [2.45, 2.75) is 28.1 Å². The van der Waals surface area contributed by atoms with E-state index in [2.05, 4.69) is 20.9 Å². The molecule has 1 N–H and O–H groups in total. The minimum Gasteiger partial charge on any atom is -0.348 e. The largest absolute Gasteiger partial charge is 0.446 e. The molecule has 1 heterocycles. The highest BCUT2D eigenvalue weighted by molar-refractivity contribution is 9.10. The molecular weight excluding hydrogens is 511 g/mol. The number of hydrogen-bond donors (Lipinski definition) is 1. The Labute approximate surface area is 185 Å². The van der Waals surface area contributed by atoms with Crippen molar-refractivity contribution in [1.82, 2.24) is 4.98 Å². The van der Waals surface area contributed by atoms with Gasteiger partial charge in [0.05, 0.1) is 26.5 Å². The van der Waals surface area contributed by atoms with Crippen LogP contribution in [0.4, 0.5) is 13.2 Å². The van der Waals surface area contributed by atoms with E-state index in [1.807, 2.05) is 0 Å². The van der Waals surface area contributed by atoms with Crippen LogP contribution in [0, 0.1) is 0 Å². The molecule has 0 saturated carbocycles. The van der Waals surface area contributed by atoms with Crippen LogP contribution in [0.5, 0.6) is 0 Å². The molecule has 0 aliphatic heterocycles. The molecule has 0 unspecified atom stereocenters. The van der Waals surface area contributed by atoms with Gasteiger partial charge in [0, 0.05) is 15.1 Å². The Morgan fingerprint density at radius 3 is 2.41 bits per heavy atom. The first kappa shape index (κ1) is 22.3. The lowest BCUT2D eigenvalue weighted by Gasteiger charge is -2.11. The number of hydrogen-bond acceptors (Lipinski definition) is 4. The summed E-state index contributed by atoms with van der Waals surface area (Å²) < 4.78 is 37.9. The Morgan fingerprint density at radius 1 is 1.17 bits per heavy atom. The Kier molecular flexibility index (Phi) is 6.72. The summed E-state index contributed by atoms with van der Waals surface area (Å²) in [7, 11) is 0. The standard InChI is InChI=1S/C19H12BrClF3NO2S2/c1-9(26)14-17(27)15-13(21)7-6-12(20)16(15)25-18(14)28-8-10-2-4-11(5-3-10)29-19(22,23)24/h2-7H,8H2,1H3,(H,25,27). The van der Waals surface area contributed by atoms with E-state index in [1.54, 1.807) is 24.3 Å². The van der Waals surface area contributed by atoms with E-state index in [0.29, 0.717) is 20.8 Å². The number of Topliss-reactive ketones (excluding diaryl/α,β-unsaturated/α-hetero) is 1. The summed E-state index contributed by atoms with van der Waals surface area (Å²) in [5, 5.41) is 0.845. The topological polar surface area (TPSA) is 49.9 Å². The monoisotopic (exact) mass is 521 g/mol. The molecule has 3 rings (SSSR count). The summed E-state index contributed by atoms with van der Waals surface area (Å²) in [6.07, 6.45) is 0. The fraction of sp³-hybridized carbons (Fsp3) is 0.158. The zero-order valence-corrected chi connectivity index (χ0v) is 18.7. The lowest BCUT2D eigenvalue weighted by molar-refractivity contribution is -0.0328. The van der Waals surface area contributed by atoms with Crippen LogP contribution in [0.15, 0.2) is 55.6 Å². The molecule has 152 valence electrons. The number of halogens is 5. The smallest absolute Gasteiger partial charge is 0.348 e. The molecule has 0 atom stereocenters. The van der Waals surface area contributed by atoms with Crippen LogP contribution in [-0.4, -0.2) is 16.3 Å². The number of benzene rings is 2. The van der Waals surface area contributed by atoms with E-state index >= 15 is 0 Å². The molecule has 0 aliphatic rings. The molecule has 2 aromatic carbocycles. The third-order valence-corrected chi connectivity index (χ3v) is 6.70. The van der Waals surface area contributed by atoms with Crippen molar-refractivity contribution < 1.29 is 18.0 Å². The van der Waals surface area contributed by atoms with E-state index in [9.17, 15) is 22.8 Å². The summed E-state index contributed by atoms with van der Waals surface area (Å²) in [6.45, 7) is 1.30. The van der Waals surface area contributed by atoms with Gasteiger partial charge in [-0.1, -0.05) is 23.7 Å². The highest BCUT2D eigenvalue weighted by atomic mass is 79.9. The maximum atomic E-state index is 12.9. The predicted octanol–water partition coefficient (Wildman–Crippen LogP) is 7.05. The average Bonchev–Trinajstić information content (AvgIpc) is 2.62. The van der Waals surface area contributed by atoms with Crippen molar-refractivity contribution in [3.05, 3.63) is 67.2 Å². The number of nitrogens with one attached hydrogen (secondary N) is 1. The summed E-state index contributed by atoms with van der Waals surface area (Å²) in [6, 6.07) is 9.21. The minimum atomic E-state index is -4.34. The van der Waals surface area contributed by atoms with Crippen molar-refractivity contribution in [2.75, 3.05) is 0 Å². The number of fused-ring (bicyclic) bond motifs is 1. The first-order chi connectivity index (χ1) is 13.6. The van der Waals surface area contributed by atoms with Crippen molar-refractivity contribution in [3.63, 3.8) is 0 Å². The van der Waals surface area contributed by atoms with Crippen molar-refractivity contribution >= 4 is 67.7 Å². The molecule has 0 fully saturated rings. The van der Waals surface area contributed by atoms with E-state index in [0.717, 1.165) is 5.56 Å². The SMILES string of the molecule is CC(=O)c1c(SCc2ccc(SC(F)(F)F)cc2)[nH]c2c(Br)ccc(Cl)c2c1=O. The molecule has 10 heteroatoms. The van der Waals surface area contributed by atoms with Gasteiger partial charge in [0.1, 0.15) is 0 Å². The normalized spacial score (nSPS) is 11.8. The average molecular weight is 523 g/mol. The molecule has 0 spiro atoms. The molecular formula is C19H12BrClF3NO2S2. The van der Waals surface area contributed by atoms with Crippen LogP contribution in [0.25, 0.3) is 10.9 Å². The van der Waals surface area contributed by atoms with Gasteiger partial charge < -0.3 is 4.98 Å². The van der Waals surface area contributed by atoms with Crippen LogP contribution in [0.3, 0.4) is 0 Å². The second-order valence-corrected chi connectivity index (χ2v) is 9.36. The minimum absolute atomic E-state index is 0.00625. The lowest BCUT2D eigenvalue weighted by atomic mass is 10.1. The van der Waals surface area contributed by atoms with Crippen LogP contribution in [0.2, 0.25) is 5.02 Å². The quantitative estimate of drug-likeness (QED) is 0.288. The number of rotatable bonds is 5. The third kappa shape index (κ3) is 5.20. The fourth-order valence-corrected chi connectivity index (χ4v) is 4.94. The second kappa shape index (κ2) is 8.75. The van der Waals surface area contributed by atoms with E-state index < -0.39 is 16.7 Å². The number of H-pyrrole nitrogens is 1. The number of carbonyl (C=O) groups excluding carboxylic acids is 1. The molecule has 0 bridgehead atoms. The van der Waals surface area contributed by atoms with Gasteiger partial charge in [0.2, 0.25) is 5.43 Å². The van der Waals surface area contributed by atoms with Gasteiger partial charge in [0.15, 0.2) is 5.78 Å². The zero-order valence-electron chi connectivity index (χ0n) is 14.7.